The standard InChI is InChI=1S/C35H33F3N8O2S/c1-5-25(47)45-14-19(3)46(15-18(45)2)33-23-11-20(13-39)26(22-7-8-24(37)31-27(22)30(41-4)32(40)49-31)28(38)29(23)42-34(43-33)48-17-35-9-6-10-44(35)16-21(36)12-35/h5,7-8,11,18-19,21H,1,6,9-10,12,14-17,40H2,2-3H3. The van der Waals surface area contributed by atoms with Gasteiger partial charge in [-0.25, -0.2) is 18.0 Å². The molecule has 2 N–H and O–H groups in total. The molecule has 14 heteroatoms. The van der Waals surface area contributed by atoms with Crippen LogP contribution in [0.15, 0.2) is 30.9 Å². The molecule has 0 saturated carbocycles. The number of ether oxygens (including phenoxy) is 1. The molecule has 1 amide bonds. The van der Waals surface area contributed by atoms with E-state index < -0.39 is 23.3 Å². The highest BCUT2D eigenvalue weighted by molar-refractivity contribution is 7.23. The number of aromatic nitrogens is 2. The highest BCUT2D eigenvalue weighted by Gasteiger charge is 2.49. The molecule has 3 saturated heterocycles. The van der Waals surface area contributed by atoms with Crippen molar-refractivity contribution in [3.05, 3.63) is 59.5 Å². The van der Waals surface area contributed by atoms with Gasteiger partial charge in [-0.05, 0) is 57.0 Å². The molecule has 0 aliphatic carbocycles. The van der Waals surface area contributed by atoms with Crippen LogP contribution in [-0.2, 0) is 4.79 Å². The molecule has 4 atom stereocenters. The third-order valence-electron chi connectivity index (χ3n) is 10.1. The molecule has 3 aliphatic rings. The van der Waals surface area contributed by atoms with Crippen LogP contribution < -0.4 is 15.4 Å². The Morgan fingerprint density at radius 3 is 2.82 bits per heavy atom. The Bertz CT molecular complexity index is 2130. The summed E-state index contributed by atoms with van der Waals surface area (Å²) in [4.78, 5) is 31.2. The van der Waals surface area contributed by atoms with E-state index in [0.29, 0.717) is 31.9 Å². The van der Waals surface area contributed by atoms with Crippen LogP contribution in [0.3, 0.4) is 0 Å². The predicted molar refractivity (Wildman–Crippen MR) is 182 cm³/mol. The van der Waals surface area contributed by atoms with Gasteiger partial charge in [0.2, 0.25) is 11.6 Å². The number of nitrogens with zero attached hydrogens (tertiary/aromatic N) is 7. The third-order valence-corrected chi connectivity index (χ3v) is 11.1. The van der Waals surface area contributed by atoms with Crippen molar-refractivity contribution in [1.82, 2.24) is 19.8 Å². The number of benzene rings is 2. The fourth-order valence-electron chi connectivity index (χ4n) is 7.81. The van der Waals surface area contributed by atoms with Crippen molar-refractivity contribution in [3.8, 4) is 23.2 Å². The molecule has 2 aromatic heterocycles. The van der Waals surface area contributed by atoms with Crippen molar-refractivity contribution in [2.75, 3.05) is 43.4 Å². The zero-order valence-corrected chi connectivity index (χ0v) is 27.8. The number of halogens is 3. The Balaban J connectivity index is 1.42. The summed E-state index contributed by atoms with van der Waals surface area (Å²) in [6.45, 7) is 17.0. The number of nitrogens with two attached hydrogens (primary N) is 1. The van der Waals surface area contributed by atoms with Crippen LogP contribution >= 0.6 is 11.3 Å². The van der Waals surface area contributed by atoms with Crippen molar-refractivity contribution in [2.45, 2.75) is 56.9 Å². The summed E-state index contributed by atoms with van der Waals surface area (Å²) in [7, 11) is 0. The topological polar surface area (TPSA) is 116 Å². The lowest BCUT2D eigenvalue weighted by Gasteiger charge is -2.44. The lowest BCUT2D eigenvalue weighted by Crippen LogP contribution is -2.58. The summed E-state index contributed by atoms with van der Waals surface area (Å²) in [5.74, 6) is -1.39. The Morgan fingerprint density at radius 2 is 2.08 bits per heavy atom. The van der Waals surface area contributed by atoms with E-state index in [1.54, 1.807) is 4.90 Å². The van der Waals surface area contributed by atoms with Crippen molar-refractivity contribution in [1.29, 1.82) is 5.26 Å². The van der Waals surface area contributed by atoms with Crippen LogP contribution in [0.25, 0.3) is 37.0 Å². The van der Waals surface area contributed by atoms with Crippen molar-refractivity contribution < 1.29 is 22.7 Å². The number of rotatable bonds is 6. The van der Waals surface area contributed by atoms with Gasteiger partial charge in [0.1, 0.15) is 29.9 Å². The number of carbonyl (C=O) groups excluding carboxylic acids is 1. The smallest absolute Gasteiger partial charge is 0.319 e. The van der Waals surface area contributed by atoms with Crippen LogP contribution in [0.4, 0.5) is 29.7 Å². The molecule has 0 radical (unpaired) electrons. The molecular formula is C35H33F3N8O2S. The number of thiophene rings is 1. The quantitative estimate of drug-likeness (QED) is 0.184. The predicted octanol–water partition coefficient (Wildman–Crippen LogP) is 6.36. The van der Waals surface area contributed by atoms with E-state index in [1.165, 1.54) is 18.2 Å². The van der Waals surface area contributed by atoms with Gasteiger partial charge in [-0.3, -0.25) is 9.69 Å². The summed E-state index contributed by atoms with van der Waals surface area (Å²) >= 11 is 0.882. The number of alkyl halides is 1. The first-order valence-corrected chi connectivity index (χ1v) is 16.9. The van der Waals surface area contributed by atoms with Crippen molar-refractivity contribution >= 4 is 54.7 Å². The maximum absolute atomic E-state index is 17.2. The summed E-state index contributed by atoms with van der Waals surface area (Å²) in [5.41, 5.74) is 5.30. The van der Waals surface area contributed by atoms with E-state index in [0.717, 1.165) is 36.8 Å². The summed E-state index contributed by atoms with van der Waals surface area (Å²) in [5, 5.41) is 10.8. The second-order valence-electron chi connectivity index (χ2n) is 13.1. The minimum Gasteiger partial charge on any atom is -0.461 e. The van der Waals surface area contributed by atoms with E-state index in [1.807, 2.05) is 18.7 Å². The molecule has 3 aliphatic heterocycles. The number of amides is 1. The van der Waals surface area contributed by atoms with Gasteiger partial charge in [0.25, 0.3) is 0 Å². The summed E-state index contributed by atoms with van der Waals surface area (Å²) < 4.78 is 53.0. The molecular weight excluding hydrogens is 654 g/mol. The van der Waals surface area contributed by atoms with Gasteiger partial charge in [-0.15, -0.1) is 11.3 Å². The van der Waals surface area contributed by atoms with Crippen molar-refractivity contribution in [3.63, 3.8) is 0 Å². The summed E-state index contributed by atoms with van der Waals surface area (Å²) in [6, 6.07) is 5.42. The van der Waals surface area contributed by atoms with E-state index in [4.69, 9.17) is 22.0 Å². The molecule has 2 aromatic carbocycles. The first-order valence-electron chi connectivity index (χ1n) is 16.0. The number of nitrogen functional groups attached to an aromatic ring is 1. The zero-order valence-electron chi connectivity index (χ0n) is 27.0. The average Bonchev–Trinajstić information content (AvgIpc) is 3.73. The van der Waals surface area contributed by atoms with Gasteiger partial charge in [-0.1, -0.05) is 12.6 Å². The maximum Gasteiger partial charge on any atom is 0.319 e. The highest BCUT2D eigenvalue weighted by atomic mass is 32.1. The zero-order chi connectivity index (χ0) is 34.8. The van der Waals surface area contributed by atoms with Crippen LogP contribution in [0, 0.1) is 29.5 Å². The van der Waals surface area contributed by atoms with Crippen LogP contribution in [0.2, 0.25) is 0 Å². The number of hydrogen-bond acceptors (Lipinski definition) is 9. The molecule has 252 valence electrons. The molecule has 10 nitrogen and oxygen atoms in total. The number of hydrogen-bond donors (Lipinski definition) is 1. The van der Waals surface area contributed by atoms with Gasteiger partial charge in [0.15, 0.2) is 5.82 Å². The van der Waals surface area contributed by atoms with Gasteiger partial charge >= 0.3 is 6.01 Å². The Hall–Kier alpha value is -4.92. The second-order valence-corrected chi connectivity index (χ2v) is 14.1. The molecule has 4 unspecified atom stereocenters. The lowest BCUT2D eigenvalue weighted by atomic mass is 9.94. The number of fused-ring (bicyclic) bond motifs is 3. The highest BCUT2D eigenvalue weighted by Crippen LogP contribution is 2.48. The average molecular weight is 687 g/mol. The SMILES string of the molecule is [C-]#[N+]c1c(N)sc2c(F)ccc(-c3c(C#N)cc4c(N5CC(C)N(C(=O)C=C)CC5C)nc(OCC56CCCN5CC(F)C6)nc4c3F)c12. The fraction of sp³-hybridized carbons (Fsp3) is 0.400. The first kappa shape index (κ1) is 32.6. The van der Waals surface area contributed by atoms with Gasteiger partial charge in [0, 0.05) is 54.5 Å². The largest absolute Gasteiger partial charge is 0.461 e. The van der Waals surface area contributed by atoms with Gasteiger partial charge in [-0.2, -0.15) is 15.2 Å². The maximum atomic E-state index is 17.2. The number of piperazine rings is 1. The molecule has 3 fully saturated rings. The van der Waals surface area contributed by atoms with Crippen LogP contribution in [0.1, 0.15) is 38.7 Å². The Labute approximate surface area is 285 Å². The molecule has 0 bridgehead atoms. The van der Waals surface area contributed by atoms with Crippen LogP contribution in [-0.4, -0.2) is 82.3 Å². The molecule has 0 spiro atoms. The molecule has 5 heterocycles. The van der Waals surface area contributed by atoms with Gasteiger partial charge in [0.05, 0.1) is 33.4 Å². The van der Waals surface area contributed by atoms with Crippen LogP contribution in [0.5, 0.6) is 6.01 Å². The summed E-state index contributed by atoms with van der Waals surface area (Å²) in [6.07, 6.45) is 2.27. The molecule has 7 rings (SSSR count). The first-order chi connectivity index (χ1) is 23.5. The molecule has 49 heavy (non-hydrogen) atoms. The fourth-order valence-corrected chi connectivity index (χ4v) is 8.75. The van der Waals surface area contributed by atoms with Crippen molar-refractivity contribution in [2.24, 2.45) is 0 Å². The normalized spacial score (nSPS) is 23.9. The minimum atomic E-state index is -0.975. The van der Waals surface area contributed by atoms with E-state index in [9.17, 15) is 18.8 Å². The van der Waals surface area contributed by atoms with E-state index >= 15 is 4.39 Å². The lowest BCUT2D eigenvalue weighted by molar-refractivity contribution is -0.128. The Kier molecular flexibility index (Phi) is 8.12. The monoisotopic (exact) mass is 686 g/mol. The van der Waals surface area contributed by atoms with E-state index in [2.05, 4.69) is 27.4 Å². The minimum absolute atomic E-state index is 0.0249. The number of carbonyl (C=O) groups is 1. The molecule has 4 aromatic rings. The second kappa shape index (κ2) is 12.2. The Morgan fingerprint density at radius 1 is 1.29 bits per heavy atom. The van der Waals surface area contributed by atoms with Gasteiger partial charge < -0.3 is 20.3 Å². The third kappa shape index (κ3) is 5.21. The number of anilines is 2. The van der Waals surface area contributed by atoms with E-state index in [-0.39, 0.29) is 79.0 Å². The number of nitriles is 1.